The van der Waals surface area contributed by atoms with Crippen molar-refractivity contribution in [1.82, 2.24) is 19.3 Å². The van der Waals surface area contributed by atoms with E-state index in [0.29, 0.717) is 44.1 Å². The molecular weight excluding hydrogens is 512 g/mol. The Morgan fingerprint density at radius 1 is 1.05 bits per heavy atom. The molecule has 1 fully saturated rings. The molecule has 1 aromatic carbocycles. The molecule has 1 N–H and O–H groups in total. The lowest BCUT2D eigenvalue weighted by Crippen LogP contribution is -2.45. The van der Waals surface area contributed by atoms with Crippen LogP contribution in [-0.2, 0) is 16.1 Å². The lowest BCUT2D eigenvalue weighted by Gasteiger charge is -2.30. The van der Waals surface area contributed by atoms with E-state index < -0.39 is 17.9 Å². The predicted molar refractivity (Wildman–Crippen MR) is 152 cm³/mol. The van der Waals surface area contributed by atoms with Gasteiger partial charge in [0.05, 0.1) is 12.5 Å². The molecule has 1 aromatic heterocycles. The topological polar surface area (TPSA) is 105 Å². The highest BCUT2D eigenvalue weighted by Crippen LogP contribution is 2.42. The highest BCUT2D eigenvalue weighted by atomic mass is 16.7. The molecule has 2 aliphatic rings. The number of unbranched alkanes of at least 4 members (excludes halogenated alkanes) is 1. The van der Waals surface area contributed by atoms with Gasteiger partial charge >= 0.3 is 5.97 Å². The van der Waals surface area contributed by atoms with Gasteiger partial charge in [0.15, 0.2) is 11.5 Å². The summed E-state index contributed by atoms with van der Waals surface area (Å²) in [6, 6.07) is 10.1. The van der Waals surface area contributed by atoms with E-state index >= 15 is 0 Å². The molecule has 0 bridgehead atoms. The number of aliphatic carboxylic acids is 1. The first-order valence-corrected chi connectivity index (χ1v) is 14.2. The van der Waals surface area contributed by atoms with Crippen LogP contribution in [0.1, 0.15) is 44.1 Å². The number of carboxylic acids is 1. The third kappa shape index (κ3) is 7.22. The lowest BCUT2D eigenvalue weighted by molar-refractivity contribution is -0.144. The molecule has 1 amide bonds. The highest BCUT2D eigenvalue weighted by Gasteiger charge is 2.47. The predicted octanol–water partition coefficient (Wildman–Crippen LogP) is 2.72. The molecule has 4 rings (SSSR count). The Hall–Kier alpha value is -3.37. The van der Waals surface area contributed by atoms with E-state index in [9.17, 15) is 19.5 Å². The summed E-state index contributed by atoms with van der Waals surface area (Å²) in [5.74, 6) is -0.720. The maximum Gasteiger partial charge on any atom is 0.308 e. The van der Waals surface area contributed by atoms with E-state index in [4.69, 9.17) is 9.47 Å². The number of benzene rings is 1. The Morgan fingerprint density at radius 3 is 2.55 bits per heavy atom. The second-order valence-corrected chi connectivity index (χ2v) is 11.0. The fourth-order valence-corrected chi connectivity index (χ4v) is 5.81. The Labute approximate surface area is 236 Å². The molecule has 1 saturated heterocycles. The monoisotopic (exact) mass is 554 g/mol. The lowest BCUT2D eigenvalue weighted by atomic mass is 9.84. The number of fused-ring (bicyclic) bond motifs is 1. The van der Waals surface area contributed by atoms with Crippen molar-refractivity contribution in [2.45, 2.75) is 51.1 Å². The number of likely N-dealkylation sites (tertiary alicyclic amines) is 1. The Bertz CT molecular complexity index is 1210. The van der Waals surface area contributed by atoms with E-state index in [1.807, 2.05) is 42.1 Å². The number of aromatic nitrogens is 1. The first-order chi connectivity index (χ1) is 19.3. The van der Waals surface area contributed by atoms with Crippen LogP contribution >= 0.6 is 0 Å². The van der Waals surface area contributed by atoms with E-state index in [2.05, 4.69) is 11.8 Å². The van der Waals surface area contributed by atoms with Crippen molar-refractivity contribution < 1.29 is 24.2 Å². The van der Waals surface area contributed by atoms with Crippen LogP contribution < -0.4 is 15.0 Å². The second-order valence-electron chi connectivity index (χ2n) is 11.0. The highest BCUT2D eigenvalue weighted by molar-refractivity contribution is 5.79. The van der Waals surface area contributed by atoms with Gasteiger partial charge in [-0.2, -0.15) is 0 Å². The van der Waals surface area contributed by atoms with Crippen LogP contribution in [-0.4, -0.2) is 95.9 Å². The number of hydrogen-bond acceptors (Lipinski definition) is 7. The smallest absolute Gasteiger partial charge is 0.308 e. The minimum Gasteiger partial charge on any atom is -0.481 e. The number of aryl methyl sites for hydroxylation is 1. The van der Waals surface area contributed by atoms with Crippen molar-refractivity contribution >= 4 is 11.9 Å². The van der Waals surface area contributed by atoms with Gasteiger partial charge in [-0.15, -0.1) is 0 Å². The standard InChI is InChI=1S/C30H42N4O6/c1-4-5-14-32(16-8-13-31(2)3)28(36)20-34-19-23(22-10-11-25-26(18-22)40-21-39-25)29(30(37)38)24(34)12-17-33-15-7-6-9-27(33)35/h6-7,9-11,15,18,23-24,29H,4-5,8,12-14,16-17,19-21H2,1-3H3,(H,37,38). The molecule has 3 heterocycles. The Morgan fingerprint density at radius 2 is 1.82 bits per heavy atom. The van der Waals surface area contributed by atoms with Crippen molar-refractivity contribution in [1.29, 1.82) is 0 Å². The van der Waals surface area contributed by atoms with Crippen LogP contribution in [0, 0.1) is 5.92 Å². The zero-order chi connectivity index (χ0) is 28.6. The van der Waals surface area contributed by atoms with Gasteiger partial charge in [-0.3, -0.25) is 19.3 Å². The van der Waals surface area contributed by atoms with Crippen LogP contribution in [0.3, 0.4) is 0 Å². The molecule has 10 nitrogen and oxygen atoms in total. The van der Waals surface area contributed by atoms with Gasteiger partial charge in [-0.25, -0.2) is 0 Å². The Balaban J connectivity index is 1.59. The van der Waals surface area contributed by atoms with E-state index in [-0.39, 0.29) is 30.7 Å². The van der Waals surface area contributed by atoms with E-state index in [1.54, 1.807) is 22.9 Å². The van der Waals surface area contributed by atoms with Crippen molar-refractivity contribution in [3.8, 4) is 11.5 Å². The first-order valence-electron chi connectivity index (χ1n) is 14.2. The number of carboxylic acid groups (broad SMARTS) is 1. The van der Waals surface area contributed by atoms with Crippen LogP contribution in [0.2, 0.25) is 0 Å². The van der Waals surface area contributed by atoms with Crippen molar-refractivity contribution in [3.63, 3.8) is 0 Å². The van der Waals surface area contributed by atoms with Crippen molar-refractivity contribution in [2.24, 2.45) is 5.92 Å². The second kappa shape index (κ2) is 13.8. The maximum absolute atomic E-state index is 13.7. The van der Waals surface area contributed by atoms with Crippen LogP contribution in [0.25, 0.3) is 0 Å². The maximum atomic E-state index is 13.7. The number of amides is 1. The summed E-state index contributed by atoms with van der Waals surface area (Å²) in [6.45, 7) is 5.44. The average molecular weight is 555 g/mol. The molecule has 2 aromatic rings. The molecule has 40 heavy (non-hydrogen) atoms. The van der Waals surface area contributed by atoms with Crippen molar-refractivity contribution in [3.05, 3.63) is 58.5 Å². The molecule has 3 atom stereocenters. The van der Waals surface area contributed by atoms with E-state index in [0.717, 1.165) is 31.4 Å². The third-order valence-corrected chi connectivity index (χ3v) is 7.93. The number of rotatable bonds is 14. The summed E-state index contributed by atoms with van der Waals surface area (Å²) in [5.41, 5.74) is 0.719. The summed E-state index contributed by atoms with van der Waals surface area (Å²) in [5, 5.41) is 10.5. The molecule has 0 saturated carbocycles. The summed E-state index contributed by atoms with van der Waals surface area (Å²) in [6.07, 6.45) is 4.94. The SMILES string of the molecule is CCCCN(CCCN(C)C)C(=O)CN1CC(c2ccc3c(c2)OCO3)C(C(=O)O)C1CCn1ccccc1=O. The number of nitrogens with zero attached hydrogens (tertiary/aromatic N) is 4. The molecular formula is C30H42N4O6. The van der Waals surface area contributed by atoms with Gasteiger partial charge in [0.1, 0.15) is 0 Å². The average Bonchev–Trinajstić information content (AvgIpc) is 3.54. The zero-order valence-electron chi connectivity index (χ0n) is 23.8. The van der Waals surface area contributed by atoms with Gasteiger partial charge in [0, 0.05) is 50.4 Å². The summed E-state index contributed by atoms with van der Waals surface area (Å²) >= 11 is 0. The fourth-order valence-electron chi connectivity index (χ4n) is 5.81. The molecule has 3 unspecified atom stereocenters. The Kier molecular flexibility index (Phi) is 10.2. The van der Waals surface area contributed by atoms with Gasteiger partial charge in [0.2, 0.25) is 18.3 Å². The van der Waals surface area contributed by atoms with Gasteiger partial charge in [-0.05, 0) is 63.7 Å². The number of carbonyl (C=O) groups excluding carboxylic acids is 1. The van der Waals surface area contributed by atoms with Crippen molar-refractivity contribution in [2.75, 3.05) is 53.6 Å². The number of hydrogen-bond donors (Lipinski definition) is 1. The van der Waals surface area contributed by atoms with Crippen LogP contribution in [0.4, 0.5) is 0 Å². The third-order valence-electron chi connectivity index (χ3n) is 7.93. The first kappa shape index (κ1) is 29.6. The molecule has 0 spiro atoms. The van der Waals surface area contributed by atoms with E-state index in [1.165, 1.54) is 6.07 Å². The molecule has 0 radical (unpaired) electrons. The largest absolute Gasteiger partial charge is 0.481 e. The molecule has 218 valence electrons. The van der Waals surface area contributed by atoms with Crippen LogP contribution in [0.5, 0.6) is 11.5 Å². The minimum absolute atomic E-state index is 0.0181. The molecule has 10 heteroatoms. The van der Waals surface area contributed by atoms with Gasteiger partial charge in [0.25, 0.3) is 0 Å². The zero-order valence-corrected chi connectivity index (χ0v) is 23.8. The van der Waals surface area contributed by atoms with Gasteiger partial charge < -0.3 is 28.9 Å². The van der Waals surface area contributed by atoms with Gasteiger partial charge in [-0.1, -0.05) is 25.5 Å². The summed E-state index contributed by atoms with van der Waals surface area (Å²) in [7, 11) is 4.04. The number of carbonyl (C=O) groups is 2. The normalized spacial score (nSPS) is 20.2. The van der Waals surface area contributed by atoms with Crippen LogP contribution in [0.15, 0.2) is 47.4 Å². The summed E-state index contributed by atoms with van der Waals surface area (Å²) < 4.78 is 12.6. The number of pyridine rings is 1. The molecule has 2 aliphatic heterocycles. The minimum atomic E-state index is -0.906. The fraction of sp³-hybridized carbons (Fsp3) is 0.567. The quantitative estimate of drug-likeness (QED) is 0.380. The number of ether oxygens (including phenoxy) is 2. The molecule has 0 aliphatic carbocycles. The summed E-state index contributed by atoms with van der Waals surface area (Å²) in [4.78, 5) is 44.9.